The van der Waals surface area contributed by atoms with Gasteiger partial charge in [-0.2, -0.15) is 0 Å². The number of carbonyl (C=O) groups excluding carboxylic acids is 2. The summed E-state index contributed by atoms with van der Waals surface area (Å²) >= 11 is 0. The molecule has 0 aliphatic carbocycles. The van der Waals surface area contributed by atoms with Gasteiger partial charge in [-0.05, 0) is 18.4 Å². The SMILES string of the molecule is CS(=O)(=O)N[C@@H]1C/C=C/CCC(=O)NC(c2ccccc2)COC1=O. The smallest absolute Gasteiger partial charge is 0.324 e. The standard InChI is InChI=1S/C17H22N2O5S/c1-25(22,23)19-14-10-6-3-7-11-16(20)18-15(12-24-17(14)21)13-8-4-2-5-9-13/h2-6,8-9,14-15,19H,7,10-12H2,1H3,(H,18,20)/b6-3+/t14-,15?/m1/s1. The van der Waals surface area contributed by atoms with Gasteiger partial charge in [0, 0.05) is 6.42 Å². The van der Waals surface area contributed by atoms with Crippen molar-refractivity contribution in [2.75, 3.05) is 12.9 Å². The molecule has 0 radical (unpaired) electrons. The number of ether oxygens (including phenoxy) is 1. The van der Waals surface area contributed by atoms with Crippen LogP contribution >= 0.6 is 0 Å². The van der Waals surface area contributed by atoms with Gasteiger partial charge < -0.3 is 10.1 Å². The largest absolute Gasteiger partial charge is 0.462 e. The van der Waals surface area contributed by atoms with Crippen LogP contribution in [0.4, 0.5) is 0 Å². The zero-order valence-corrected chi connectivity index (χ0v) is 14.8. The van der Waals surface area contributed by atoms with Crippen LogP contribution in [0.2, 0.25) is 0 Å². The number of allylic oxidation sites excluding steroid dienone is 1. The predicted molar refractivity (Wildman–Crippen MR) is 93.0 cm³/mol. The zero-order valence-electron chi connectivity index (χ0n) is 14.0. The van der Waals surface area contributed by atoms with Gasteiger partial charge in [0.05, 0.1) is 12.3 Å². The van der Waals surface area contributed by atoms with Crippen molar-refractivity contribution in [3.63, 3.8) is 0 Å². The van der Waals surface area contributed by atoms with Crippen molar-refractivity contribution >= 4 is 21.9 Å². The molecule has 2 N–H and O–H groups in total. The van der Waals surface area contributed by atoms with Gasteiger partial charge >= 0.3 is 5.97 Å². The van der Waals surface area contributed by atoms with Gasteiger partial charge in [0.1, 0.15) is 12.6 Å². The van der Waals surface area contributed by atoms with Crippen LogP contribution < -0.4 is 10.0 Å². The molecule has 1 aliphatic rings. The number of esters is 1. The first-order valence-electron chi connectivity index (χ1n) is 7.98. The molecule has 2 atom stereocenters. The van der Waals surface area contributed by atoms with Gasteiger partial charge in [-0.15, -0.1) is 0 Å². The number of amides is 1. The number of nitrogens with one attached hydrogen (secondary N) is 2. The van der Waals surface area contributed by atoms with E-state index in [1.165, 1.54) is 0 Å². The Morgan fingerprint density at radius 3 is 2.56 bits per heavy atom. The highest BCUT2D eigenvalue weighted by atomic mass is 32.2. The zero-order chi connectivity index (χ0) is 18.3. The van der Waals surface area contributed by atoms with Gasteiger partial charge in [0.2, 0.25) is 15.9 Å². The number of cyclic esters (lactones) is 1. The lowest BCUT2D eigenvalue weighted by molar-refractivity contribution is -0.147. The average Bonchev–Trinajstić information content (AvgIpc) is 2.55. The van der Waals surface area contributed by atoms with Gasteiger partial charge in [-0.1, -0.05) is 42.5 Å². The Bertz CT molecular complexity index is 731. The van der Waals surface area contributed by atoms with Gasteiger partial charge in [0.15, 0.2) is 0 Å². The van der Waals surface area contributed by atoms with Crippen LogP contribution in [-0.2, 0) is 24.3 Å². The summed E-state index contributed by atoms with van der Waals surface area (Å²) in [4.78, 5) is 24.3. The molecular formula is C17H22N2O5S. The summed E-state index contributed by atoms with van der Waals surface area (Å²) in [6.07, 6.45) is 5.40. The van der Waals surface area contributed by atoms with Crippen LogP contribution in [0.1, 0.15) is 30.9 Å². The summed E-state index contributed by atoms with van der Waals surface area (Å²) in [7, 11) is -3.55. The number of hydrogen-bond donors (Lipinski definition) is 2. The van der Waals surface area contributed by atoms with E-state index in [0.29, 0.717) is 12.8 Å². The lowest BCUT2D eigenvalue weighted by Gasteiger charge is -2.22. The molecule has 0 saturated carbocycles. The molecule has 1 unspecified atom stereocenters. The Balaban J connectivity index is 2.18. The van der Waals surface area contributed by atoms with Crippen LogP contribution in [-0.4, -0.2) is 39.2 Å². The van der Waals surface area contributed by atoms with Crippen molar-refractivity contribution in [3.05, 3.63) is 48.0 Å². The molecule has 7 nitrogen and oxygen atoms in total. The minimum absolute atomic E-state index is 0.0692. The summed E-state index contributed by atoms with van der Waals surface area (Å²) in [5.74, 6) is -0.813. The Labute approximate surface area is 147 Å². The fraction of sp³-hybridized carbons (Fsp3) is 0.412. The molecule has 0 aromatic heterocycles. The van der Waals surface area contributed by atoms with E-state index in [2.05, 4.69) is 10.0 Å². The van der Waals surface area contributed by atoms with Crippen LogP contribution in [0.25, 0.3) is 0 Å². The molecule has 1 heterocycles. The van der Waals surface area contributed by atoms with Crippen molar-refractivity contribution in [3.8, 4) is 0 Å². The minimum atomic E-state index is -3.55. The maximum atomic E-state index is 12.3. The van der Waals surface area contributed by atoms with Crippen molar-refractivity contribution in [2.45, 2.75) is 31.3 Å². The Morgan fingerprint density at radius 1 is 1.16 bits per heavy atom. The molecule has 0 bridgehead atoms. The second kappa shape index (κ2) is 8.77. The fourth-order valence-corrected chi connectivity index (χ4v) is 3.16. The van der Waals surface area contributed by atoms with Crippen LogP contribution in [0.15, 0.2) is 42.5 Å². The first kappa shape index (κ1) is 19.1. The third-order valence-electron chi connectivity index (χ3n) is 3.65. The Morgan fingerprint density at radius 2 is 1.88 bits per heavy atom. The summed E-state index contributed by atoms with van der Waals surface area (Å²) in [6, 6.07) is 7.70. The van der Waals surface area contributed by atoms with E-state index >= 15 is 0 Å². The first-order chi connectivity index (χ1) is 11.8. The number of rotatable bonds is 3. The Hall–Kier alpha value is -2.19. The fourth-order valence-electron chi connectivity index (χ4n) is 2.45. The van der Waals surface area contributed by atoms with Gasteiger partial charge in [0.25, 0.3) is 0 Å². The van der Waals surface area contributed by atoms with Crippen LogP contribution in [0.3, 0.4) is 0 Å². The number of carbonyl (C=O) groups is 2. The summed E-state index contributed by atoms with van der Waals surface area (Å²) in [5, 5.41) is 2.85. The van der Waals surface area contributed by atoms with Gasteiger partial charge in [-0.3, -0.25) is 9.59 Å². The topological polar surface area (TPSA) is 102 Å². The molecule has 2 rings (SSSR count). The molecule has 136 valence electrons. The lowest BCUT2D eigenvalue weighted by atomic mass is 10.1. The van der Waals surface area contributed by atoms with E-state index in [-0.39, 0.29) is 18.9 Å². The van der Waals surface area contributed by atoms with E-state index in [4.69, 9.17) is 4.74 Å². The Kier molecular flexibility index (Phi) is 6.72. The average molecular weight is 366 g/mol. The molecule has 1 aliphatic heterocycles. The van der Waals surface area contributed by atoms with E-state index in [9.17, 15) is 18.0 Å². The first-order valence-corrected chi connectivity index (χ1v) is 9.87. The highest BCUT2D eigenvalue weighted by Crippen LogP contribution is 2.15. The lowest BCUT2D eigenvalue weighted by Crippen LogP contribution is -2.42. The maximum Gasteiger partial charge on any atom is 0.324 e. The maximum absolute atomic E-state index is 12.3. The molecule has 0 saturated heterocycles. The monoisotopic (exact) mass is 366 g/mol. The summed E-state index contributed by atoms with van der Waals surface area (Å²) in [5.41, 5.74) is 0.809. The number of benzene rings is 1. The summed E-state index contributed by atoms with van der Waals surface area (Å²) in [6.45, 7) is -0.0692. The predicted octanol–water partition coefficient (Wildman–Crippen LogP) is 1.04. The highest BCUT2D eigenvalue weighted by Gasteiger charge is 2.25. The molecular weight excluding hydrogens is 344 g/mol. The van der Waals surface area contributed by atoms with E-state index < -0.39 is 28.1 Å². The van der Waals surface area contributed by atoms with Gasteiger partial charge in [-0.25, -0.2) is 13.1 Å². The van der Waals surface area contributed by atoms with Crippen molar-refractivity contribution in [1.82, 2.24) is 10.0 Å². The highest BCUT2D eigenvalue weighted by molar-refractivity contribution is 7.88. The normalized spacial score (nSPS) is 24.4. The van der Waals surface area contributed by atoms with Crippen LogP contribution in [0.5, 0.6) is 0 Å². The molecule has 1 aromatic rings. The third kappa shape index (κ3) is 6.67. The molecule has 0 fully saturated rings. The molecule has 1 amide bonds. The summed E-state index contributed by atoms with van der Waals surface area (Å²) < 4.78 is 30.5. The molecule has 25 heavy (non-hydrogen) atoms. The van der Waals surface area contributed by atoms with E-state index in [1.54, 1.807) is 12.2 Å². The molecule has 0 spiro atoms. The van der Waals surface area contributed by atoms with E-state index in [1.807, 2.05) is 30.3 Å². The van der Waals surface area contributed by atoms with Crippen LogP contribution in [0, 0.1) is 0 Å². The minimum Gasteiger partial charge on any atom is -0.462 e. The molecule has 8 heteroatoms. The second-order valence-electron chi connectivity index (χ2n) is 5.85. The second-order valence-corrected chi connectivity index (χ2v) is 7.63. The van der Waals surface area contributed by atoms with Crippen molar-refractivity contribution < 1.29 is 22.7 Å². The number of sulfonamides is 1. The molecule has 1 aromatic carbocycles. The van der Waals surface area contributed by atoms with Crippen molar-refractivity contribution in [1.29, 1.82) is 0 Å². The number of hydrogen-bond acceptors (Lipinski definition) is 5. The quantitative estimate of drug-likeness (QED) is 0.615. The van der Waals surface area contributed by atoms with Crippen molar-refractivity contribution in [2.24, 2.45) is 0 Å². The third-order valence-corrected chi connectivity index (χ3v) is 4.36. The van der Waals surface area contributed by atoms with E-state index in [0.717, 1.165) is 11.8 Å².